The van der Waals surface area contributed by atoms with Gasteiger partial charge in [-0.05, 0) is 18.2 Å². The van der Waals surface area contributed by atoms with Gasteiger partial charge in [-0.1, -0.05) is 17.7 Å². The zero-order chi connectivity index (χ0) is 8.55. The monoisotopic (exact) mass is 179 g/mol. The Morgan fingerprint density at radius 1 is 1.42 bits per heavy atom. The molecule has 1 aliphatic carbocycles. The molecule has 2 rings (SSSR count). The van der Waals surface area contributed by atoms with Gasteiger partial charge in [0.2, 0.25) is 0 Å². The molecule has 2 nitrogen and oxygen atoms in total. The number of hydrogen-bond donors (Lipinski definition) is 0. The molecule has 0 amide bonds. The van der Waals surface area contributed by atoms with E-state index in [1.54, 1.807) is 18.2 Å². The van der Waals surface area contributed by atoms with E-state index in [-0.39, 0.29) is 5.78 Å². The average Bonchev–Trinajstić information content (AvgIpc) is 2.04. The first-order valence-electron chi connectivity index (χ1n) is 3.63. The molecule has 0 aliphatic heterocycles. The first kappa shape index (κ1) is 7.50. The van der Waals surface area contributed by atoms with Crippen LogP contribution in [0.15, 0.2) is 18.2 Å². The molecular formula is C9H6ClNO. The fraction of sp³-hybridized carbons (Fsp3) is 0.111. The lowest BCUT2D eigenvalue weighted by Crippen LogP contribution is -2.05. The second-order valence-electron chi connectivity index (χ2n) is 2.60. The van der Waals surface area contributed by atoms with Crippen molar-refractivity contribution >= 4 is 23.5 Å². The van der Waals surface area contributed by atoms with Gasteiger partial charge in [0, 0.05) is 12.0 Å². The highest BCUT2D eigenvalue weighted by Gasteiger charge is 2.13. The molecule has 0 spiro atoms. The van der Waals surface area contributed by atoms with Crippen LogP contribution in [0.4, 0.5) is 0 Å². The standard InChI is InChI=1S/C9H6ClNO/c10-9-5-4-6-7(11-9)2-1-3-8(6)12/h1-2,4-5H,3H2. The summed E-state index contributed by atoms with van der Waals surface area (Å²) in [6.45, 7) is 0. The summed E-state index contributed by atoms with van der Waals surface area (Å²) in [5, 5.41) is 0.424. The van der Waals surface area contributed by atoms with E-state index in [1.807, 2.05) is 6.08 Å². The zero-order valence-corrected chi connectivity index (χ0v) is 7.01. The number of allylic oxidation sites excluding steroid dienone is 1. The van der Waals surface area contributed by atoms with Gasteiger partial charge in [0.1, 0.15) is 5.15 Å². The van der Waals surface area contributed by atoms with Crippen molar-refractivity contribution in [2.75, 3.05) is 0 Å². The second kappa shape index (κ2) is 2.72. The lowest BCUT2D eigenvalue weighted by atomic mass is 10.0. The lowest BCUT2D eigenvalue weighted by molar-refractivity contribution is 0.0994. The molecule has 0 fully saturated rings. The Morgan fingerprint density at radius 2 is 2.25 bits per heavy atom. The minimum absolute atomic E-state index is 0.108. The molecule has 1 aromatic rings. The number of carbonyl (C=O) groups is 1. The van der Waals surface area contributed by atoms with Crippen LogP contribution < -0.4 is 0 Å². The molecule has 60 valence electrons. The van der Waals surface area contributed by atoms with Crippen LogP contribution in [-0.2, 0) is 0 Å². The molecule has 12 heavy (non-hydrogen) atoms. The second-order valence-corrected chi connectivity index (χ2v) is 2.98. The highest BCUT2D eigenvalue weighted by Crippen LogP contribution is 2.18. The number of Topliss-reactive ketones (excluding diaryl/α,β-unsaturated/α-hetero) is 1. The number of carbonyl (C=O) groups excluding carboxylic acids is 1. The number of nitrogens with zero attached hydrogens (tertiary/aromatic N) is 1. The van der Waals surface area contributed by atoms with E-state index in [1.165, 1.54) is 0 Å². The van der Waals surface area contributed by atoms with Gasteiger partial charge >= 0.3 is 0 Å². The first-order chi connectivity index (χ1) is 5.77. The number of ketones is 1. The molecule has 0 unspecified atom stereocenters. The first-order valence-corrected chi connectivity index (χ1v) is 4.01. The van der Waals surface area contributed by atoms with E-state index in [9.17, 15) is 4.79 Å². The van der Waals surface area contributed by atoms with Crippen molar-refractivity contribution < 1.29 is 4.79 Å². The summed E-state index contributed by atoms with van der Waals surface area (Å²) in [6.07, 6.45) is 4.09. The van der Waals surface area contributed by atoms with Crippen molar-refractivity contribution in [3.05, 3.63) is 34.6 Å². The fourth-order valence-corrected chi connectivity index (χ4v) is 1.35. The van der Waals surface area contributed by atoms with Crippen LogP contribution >= 0.6 is 11.6 Å². The van der Waals surface area contributed by atoms with E-state index in [2.05, 4.69) is 4.98 Å². The maximum absolute atomic E-state index is 11.3. The SMILES string of the molecule is O=C1CC=Cc2nc(Cl)ccc21. The van der Waals surface area contributed by atoms with Crippen LogP contribution in [0.5, 0.6) is 0 Å². The minimum Gasteiger partial charge on any atom is -0.294 e. The molecule has 0 aromatic carbocycles. The van der Waals surface area contributed by atoms with E-state index >= 15 is 0 Å². The summed E-state index contributed by atoms with van der Waals surface area (Å²) in [7, 11) is 0. The van der Waals surface area contributed by atoms with Crippen molar-refractivity contribution in [2.45, 2.75) is 6.42 Å². The lowest BCUT2D eigenvalue weighted by Gasteiger charge is -2.07. The van der Waals surface area contributed by atoms with Crippen LogP contribution in [0.3, 0.4) is 0 Å². The van der Waals surface area contributed by atoms with E-state index in [4.69, 9.17) is 11.6 Å². The van der Waals surface area contributed by atoms with E-state index in [0.717, 1.165) is 0 Å². The van der Waals surface area contributed by atoms with Crippen LogP contribution in [0, 0.1) is 0 Å². The van der Waals surface area contributed by atoms with Crippen molar-refractivity contribution in [3.8, 4) is 0 Å². The van der Waals surface area contributed by atoms with Gasteiger partial charge in [0.05, 0.1) is 5.69 Å². The van der Waals surface area contributed by atoms with Crippen molar-refractivity contribution in [2.24, 2.45) is 0 Å². The molecular weight excluding hydrogens is 174 g/mol. The third-order valence-electron chi connectivity index (χ3n) is 1.77. The number of halogens is 1. The quantitative estimate of drug-likeness (QED) is 0.573. The fourth-order valence-electron chi connectivity index (χ4n) is 1.20. The van der Waals surface area contributed by atoms with Gasteiger partial charge in [-0.25, -0.2) is 4.98 Å². The molecule has 0 N–H and O–H groups in total. The normalized spacial score (nSPS) is 14.6. The van der Waals surface area contributed by atoms with Gasteiger partial charge in [0.15, 0.2) is 5.78 Å². The summed E-state index contributed by atoms with van der Waals surface area (Å²) in [5.41, 5.74) is 1.35. The summed E-state index contributed by atoms with van der Waals surface area (Å²) in [6, 6.07) is 3.36. The average molecular weight is 180 g/mol. The molecule has 1 aromatic heterocycles. The molecule has 1 aliphatic rings. The van der Waals surface area contributed by atoms with Gasteiger partial charge in [-0.15, -0.1) is 0 Å². The minimum atomic E-state index is 0.108. The maximum Gasteiger partial charge on any atom is 0.168 e. The summed E-state index contributed by atoms with van der Waals surface area (Å²) < 4.78 is 0. The molecule has 3 heteroatoms. The Bertz CT molecular complexity index is 371. The Balaban J connectivity index is 2.62. The van der Waals surface area contributed by atoms with E-state index in [0.29, 0.717) is 22.8 Å². The third kappa shape index (κ3) is 1.14. The highest BCUT2D eigenvalue weighted by molar-refractivity contribution is 6.29. The largest absolute Gasteiger partial charge is 0.294 e. The molecule has 0 atom stereocenters. The number of fused-ring (bicyclic) bond motifs is 1. The van der Waals surface area contributed by atoms with Crippen molar-refractivity contribution in [1.82, 2.24) is 4.98 Å². The Kier molecular flexibility index (Phi) is 1.70. The van der Waals surface area contributed by atoms with Gasteiger partial charge in [-0.2, -0.15) is 0 Å². The molecule has 1 heterocycles. The van der Waals surface area contributed by atoms with Crippen LogP contribution in [0.2, 0.25) is 5.15 Å². The molecule has 0 bridgehead atoms. The molecule has 0 radical (unpaired) electrons. The third-order valence-corrected chi connectivity index (χ3v) is 1.98. The highest BCUT2D eigenvalue weighted by atomic mass is 35.5. The maximum atomic E-state index is 11.3. The summed E-state index contributed by atoms with van der Waals surface area (Å²) >= 11 is 5.67. The van der Waals surface area contributed by atoms with Gasteiger partial charge in [-0.3, -0.25) is 4.79 Å². The van der Waals surface area contributed by atoms with E-state index < -0.39 is 0 Å². The number of rotatable bonds is 0. The summed E-state index contributed by atoms with van der Waals surface area (Å²) in [5.74, 6) is 0.108. The van der Waals surface area contributed by atoms with Crippen LogP contribution in [0.1, 0.15) is 22.5 Å². The number of pyridine rings is 1. The van der Waals surface area contributed by atoms with Crippen LogP contribution in [0.25, 0.3) is 6.08 Å². The molecule has 0 saturated heterocycles. The van der Waals surface area contributed by atoms with Crippen molar-refractivity contribution in [3.63, 3.8) is 0 Å². The van der Waals surface area contributed by atoms with Gasteiger partial charge in [0.25, 0.3) is 0 Å². The molecule has 0 saturated carbocycles. The zero-order valence-electron chi connectivity index (χ0n) is 6.25. The van der Waals surface area contributed by atoms with Gasteiger partial charge < -0.3 is 0 Å². The predicted molar refractivity (Wildman–Crippen MR) is 47.2 cm³/mol. The Labute approximate surface area is 74.9 Å². The smallest absolute Gasteiger partial charge is 0.168 e. The number of hydrogen-bond acceptors (Lipinski definition) is 2. The Hall–Kier alpha value is -1.15. The van der Waals surface area contributed by atoms with Crippen LogP contribution in [-0.4, -0.2) is 10.8 Å². The number of aromatic nitrogens is 1. The topological polar surface area (TPSA) is 30.0 Å². The summed E-state index contributed by atoms with van der Waals surface area (Å²) in [4.78, 5) is 15.3. The predicted octanol–water partition coefficient (Wildman–Crippen LogP) is 2.33. The Morgan fingerprint density at radius 3 is 3.08 bits per heavy atom. The van der Waals surface area contributed by atoms with Crippen molar-refractivity contribution in [1.29, 1.82) is 0 Å².